The third kappa shape index (κ3) is 4.73. The molecular weight excluding hydrogens is 152 g/mol. The summed E-state index contributed by atoms with van der Waals surface area (Å²) in [6, 6.07) is 0. The molecule has 0 aliphatic heterocycles. The van der Waals surface area contributed by atoms with Crippen molar-refractivity contribution in [3.63, 3.8) is 0 Å². The van der Waals surface area contributed by atoms with Gasteiger partial charge >= 0.3 is 0 Å². The summed E-state index contributed by atoms with van der Waals surface area (Å²) >= 11 is 2.19. The van der Waals surface area contributed by atoms with Crippen LogP contribution >= 0.6 is 11.8 Å². The number of hydrogen-bond acceptors (Lipinski definition) is 2. The number of thioether (sulfide) groups is 1. The summed E-state index contributed by atoms with van der Waals surface area (Å²) in [7, 11) is 0. The lowest BCUT2D eigenvalue weighted by atomic mass is 10.2. The Hall–Kier alpha value is 0.240. The molecule has 0 radical (unpaired) electrons. The van der Waals surface area contributed by atoms with Crippen LogP contribution in [0.3, 0.4) is 0 Å². The van der Waals surface area contributed by atoms with Gasteiger partial charge in [0.2, 0.25) is 0 Å². The molecule has 0 heterocycles. The van der Waals surface area contributed by atoms with Crippen LogP contribution in [0.15, 0.2) is 0 Å². The maximum absolute atomic E-state index is 10.3. The summed E-state index contributed by atoms with van der Waals surface area (Å²) in [5.74, 6) is 0.605. The standard InChI is InChI=1S/C6H12OS2/c1-5(2)4-6(8-3)9-7/h5H,4H2,1-3H3. The van der Waals surface area contributed by atoms with Gasteiger partial charge in [-0.3, -0.25) is 0 Å². The van der Waals surface area contributed by atoms with Gasteiger partial charge in [-0.25, -0.2) is 4.21 Å². The van der Waals surface area contributed by atoms with Crippen molar-refractivity contribution in [2.24, 2.45) is 5.92 Å². The lowest BCUT2D eigenvalue weighted by Crippen LogP contribution is -1.96. The summed E-state index contributed by atoms with van der Waals surface area (Å²) in [6.45, 7) is 4.24. The highest BCUT2D eigenvalue weighted by atomic mass is 32.2. The van der Waals surface area contributed by atoms with Gasteiger partial charge in [0.25, 0.3) is 0 Å². The lowest BCUT2D eigenvalue weighted by Gasteiger charge is -2.00. The molecule has 0 aromatic rings. The molecule has 9 heavy (non-hydrogen) atoms. The van der Waals surface area contributed by atoms with Gasteiger partial charge in [-0.15, -0.1) is 11.8 Å². The molecular formula is C6H12OS2. The molecule has 0 saturated carbocycles. The predicted molar refractivity (Wildman–Crippen MR) is 46.1 cm³/mol. The van der Waals surface area contributed by atoms with Crippen molar-refractivity contribution in [3.8, 4) is 0 Å². The highest BCUT2D eigenvalue weighted by Gasteiger charge is 1.98. The summed E-state index contributed by atoms with van der Waals surface area (Å²) < 4.78 is 11.2. The highest BCUT2D eigenvalue weighted by molar-refractivity contribution is 8.20. The first-order valence-corrected chi connectivity index (χ1v) is 4.87. The first-order valence-electron chi connectivity index (χ1n) is 2.90. The second-order valence-corrected chi connectivity index (χ2v) is 4.08. The summed E-state index contributed by atoms with van der Waals surface area (Å²) in [5.41, 5.74) is 0. The van der Waals surface area contributed by atoms with E-state index in [-0.39, 0.29) is 0 Å². The minimum atomic E-state index is 0.605. The van der Waals surface area contributed by atoms with Crippen molar-refractivity contribution < 1.29 is 4.21 Å². The van der Waals surface area contributed by atoms with Crippen LogP contribution < -0.4 is 0 Å². The topological polar surface area (TPSA) is 17.1 Å². The SMILES string of the molecule is CSC(CC(C)C)=S=O. The van der Waals surface area contributed by atoms with Crippen molar-refractivity contribution >= 4 is 27.2 Å². The van der Waals surface area contributed by atoms with E-state index in [1.165, 1.54) is 0 Å². The zero-order chi connectivity index (χ0) is 7.28. The molecule has 0 atom stereocenters. The largest absolute Gasteiger partial charge is 0.212 e. The summed E-state index contributed by atoms with van der Waals surface area (Å²) in [6.07, 6.45) is 2.89. The maximum Gasteiger partial charge on any atom is 0.0990 e. The Morgan fingerprint density at radius 1 is 1.56 bits per heavy atom. The molecule has 0 unspecified atom stereocenters. The van der Waals surface area contributed by atoms with E-state index in [0.717, 1.165) is 10.6 Å². The zero-order valence-electron chi connectivity index (χ0n) is 6.01. The molecule has 0 fully saturated rings. The molecule has 0 spiro atoms. The van der Waals surface area contributed by atoms with E-state index in [1.54, 1.807) is 11.8 Å². The van der Waals surface area contributed by atoms with Crippen LogP contribution in [0, 0.1) is 5.92 Å². The maximum atomic E-state index is 10.3. The fraction of sp³-hybridized carbons (Fsp3) is 0.833. The first kappa shape index (κ1) is 9.24. The van der Waals surface area contributed by atoms with E-state index in [9.17, 15) is 4.21 Å². The van der Waals surface area contributed by atoms with Crippen LogP contribution in [-0.4, -0.2) is 14.7 Å². The molecule has 0 N–H and O–H groups in total. The Kier molecular flexibility index (Phi) is 5.19. The minimum Gasteiger partial charge on any atom is -0.212 e. The molecule has 54 valence electrons. The molecule has 3 heteroatoms. The fourth-order valence-electron chi connectivity index (χ4n) is 0.485. The zero-order valence-corrected chi connectivity index (χ0v) is 7.64. The Morgan fingerprint density at radius 2 is 2.11 bits per heavy atom. The third-order valence-corrected chi connectivity index (χ3v) is 2.57. The molecule has 0 rings (SSSR count). The first-order chi connectivity index (χ1) is 4.20. The predicted octanol–water partition coefficient (Wildman–Crippen LogP) is 1.74. The highest BCUT2D eigenvalue weighted by Crippen LogP contribution is 2.07. The van der Waals surface area contributed by atoms with Crippen molar-refractivity contribution in [3.05, 3.63) is 0 Å². The van der Waals surface area contributed by atoms with Gasteiger partial charge < -0.3 is 0 Å². The lowest BCUT2D eigenvalue weighted by molar-refractivity contribution is 0.687. The van der Waals surface area contributed by atoms with Crippen molar-refractivity contribution in [2.75, 3.05) is 6.26 Å². The molecule has 0 bridgehead atoms. The normalized spacial score (nSPS) is 9.78. The molecule has 0 saturated heterocycles. The molecule has 0 aliphatic carbocycles. The minimum absolute atomic E-state index is 0.605. The van der Waals surface area contributed by atoms with E-state index >= 15 is 0 Å². The molecule has 0 aliphatic rings. The monoisotopic (exact) mass is 164 g/mol. The van der Waals surface area contributed by atoms with E-state index in [1.807, 2.05) is 6.26 Å². The molecule has 0 aromatic heterocycles. The van der Waals surface area contributed by atoms with Gasteiger partial charge in [-0.1, -0.05) is 13.8 Å². The van der Waals surface area contributed by atoms with Crippen molar-refractivity contribution in [1.29, 1.82) is 0 Å². The second-order valence-electron chi connectivity index (χ2n) is 2.26. The average Bonchev–Trinajstić information content (AvgIpc) is 1.82. The Bertz CT molecular complexity index is 125. The van der Waals surface area contributed by atoms with E-state index in [4.69, 9.17) is 0 Å². The van der Waals surface area contributed by atoms with Crippen LogP contribution in [0.1, 0.15) is 20.3 Å². The van der Waals surface area contributed by atoms with Crippen LogP contribution in [-0.2, 0) is 11.3 Å². The van der Waals surface area contributed by atoms with Crippen LogP contribution in [0.2, 0.25) is 0 Å². The smallest absolute Gasteiger partial charge is 0.0990 e. The average molecular weight is 164 g/mol. The van der Waals surface area contributed by atoms with E-state index in [0.29, 0.717) is 17.2 Å². The summed E-state index contributed by atoms with van der Waals surface area (Å²) in [5, 5.41) is 0. The molecule has 1 nitrogen and oxygen atoms in total. The Balaban J connectivity index is 3.72. The number of hydrogen-bond donors (Lipinski definition) is 0. The fourth-order valence-corrected chi connectivity index (χ4v) is 1.66. The van der Waals surface area contributed by atoms with E-state index in [2.05, 4.69) is 13.8 Å². The third-order valence-electron chi connectivity index (χ3n) is 0.896. The van der Waals surface area contributed by atoms with E-state index < -0.39 is 0 Å². The molecule has 0 amide bonds. The van der Waals surface area contributed by atoms with Gasteiger partial charge in [0.1, 0.15) is 0 Å². The number of rotatable bonds is 2. The van der Waals surface area contributed by atoms with Gasteiger partial charge in [0.15, 0.2) is 0 Å². The molecule has 0 aromatic carbocycles. The summed E-state index contributed by atoms with van der Waals surface area (Å²) in [4.78, 5) is 0. The van der Waals surface area contributed by atoms with Crippen molar-refractivity contribution in [1.82, 2.24) is 0 Å². The van der Waals surface area contributed by atoms with Gasteiger partial charge in [0.05, 0.1) is 15.5 Å². The van der Waals surface area contributed by atoms with Crippen LogP contribution in [0.4, 0.5) is 0 Å². The second kappa shape index (κ2) is 5.06. The quantitative estimate of drug-likeness (QED) is 0.578. The Labute approximate surface area is 64.3 Å². The van der Waals surface area contributed by atoms with Gasteiger partial charge in [0, 0.05) is 0 Å². The van der Waals surface area contributed by atoms with Crippen LogP contribution in [0.5, 0.6) is 0 Å². The van der Waals surface area contributed by atoms with Gasteiger partial charge in [-0.2, -0.15) is 0 Å². The van der Waals surface area contributed by atoms with Gasteiger partial charge in [-0.05, 0) is 18.6 Å². The van der Waals surface area contributed by atoms with Crippen LogP contribution in [0.25, 0.3) is 0 Å². The Morgan fingerprint density at radius 3 is 2.22 bits per heavy atom. The van der Waals surface area contributed by atoms with Crippen molar-refractivity contribution in [2.45, 2.75) is 20.3 Å².